The van der Waals surface area contributed by atoms with Crippen LogP contribution in [0, 0.1) is 17.0 Å². The second-order valence-electron chi connectivity index (χ2n) is 5.47. The third-order valence-corrected chi connectivity index (χ3v) is 4.72. The third kappa shape index (κ3) is 2.47. The average Bonchev–Trinajstić information content (AvgIpc) is 2.20. The van der Waals surface area contributed by atoms with E-state index in [2.05, 4.69) is 0 Å². The lowest BCUT2D eigenvalue weighted by atomic mass is 9.78. The molecule has 0 bridgehead atoms. The fourth-order valence-electron chi connectivity index (χ4n) is 2.43. The van der Waals surface area contributed by atoms with Crippen molar-refractivity contribution >= 4 is 11.8 Å². The van der Waals surface area contributed by atoms with E-state index in [4.69, 9.17) is 0 Å². The van der Waals surface area contributed by atoms with E-state index in [1.165, 1.54) is 12.1 Å². The van der Waals surface area contributed by atoms with Gasteiger partial charge >= 0.3 is 0 Å². The number of rotatable bonds is 1. The van der Waals surface area contributed by atoms with Gasteiger partial charge in [-0.05, 0) is 23.7 Å². The maximum Gasteiger partial charge on any atom is 0.164 e. The van der Waals surface area contributed by atoms with Crippen LogP contribution in [0.3, 0.4) is 0 Å². The second-order valence-corrected chi connectivity index (χ2v) is 6.45. The van der Waals surface area contributed by atoms with E-state index >= 15 is 0 Å². The van der Waals surface area contributed by atoms with Crippen molar-refractivity contribution < 1.29 is 13.9 Å². The maximum atomic E-state index is 13.7. The zero-order valence-electron chi connectivity index (χ0n) is 9.96. The molecule has 1 saturated heterocycles. The SMILES string of the molecule is CC1(C)CSCC(O)(c2cccc(F)c2F)C1. The van der Waals surface area contributed by atoms with Crippen LogP contribution < -0.4 is 0 Å². The first-order valence-electron chi connectivity index (χ1n) is 5.59. The van der Waals surface area contributed by atoms with Crippen molar-refractivity contribution in [3.05, 3.63) is 35.4 Å². The lowest BCUT2D eigenvalue weighted by molar-refractivity contribution is 0.0120. The summed E-state index contributed by atoms with van der Waals surface area (Å²) >= 11 is 1.58. The summed E-state index contributed by atoms with van der Waals surface area (Å²) in [6.45, 7) is 4.06. The lowest BCUT2D eigenvalue weighted by Gasteiger charge is -2.41. The quantitative estimate of drug-likeness (QED) is 0.834. The molecule has 0 saturated carbocycles. The highest BCUT2D eigenvalue weighted by molar-refractivity contribution is 7.99. The molecule has 1 aromatic rings. The number of halogens is 2. The molecule has 0 radical (unpaired) electrons. The number of benzene rings is 1. The van der Waals surface area contributed by atoms with Crippen LogP contribution in [0.2, 0.25) is 0 Å². The van der Waals surface area contributed by atoms with E-state index in [-0.39, 0.29) is 11.0 Å². The normalized spacial score (nSPS) is 28.1. The van der Waals surface area contributed by atoms with Gasteiger partial charge in [0.2, 0.25) is 0 Å². The molecule has 1 nitrogen and oxygen atoms in total. The van der Waals surface area contributed by atoms with Crippen LogP contribution in [-0.4, -0.2) is 16.6 Å². The van der Waals surface area contributed by atoms with E-state index in [0.717, 1.165) is 11.8 Å². The first-order valence-corrected chi connectivity index (χ1v) is 6.74. The maximum absolute atomic E-state index is 13.7. The van der Waals surface area contributed by atoms with Crippen molar-refractivity contribution in [2.75, 3.05) is 11.5 Å². The van der Waals surface area contributed by atoms with Gasteiger partial charge in [-0.2, -0.15) is 11.8 Å². The Labute approximate surface area is 104 Å². The Morgan fingerprint density at radius 2 is 1.94 bits per heavy atom. The minimum atomic E-state index is -1.27. The summed E-state index contributed by atoms with van der Waals surface area (Å²) in [4.78, 5) is 0. The van der Waals surface area contributed by atoms with Gasteiger partial charge in [-0.15, -0.1) is 0 Å². The van der Waals surface area contributed by atoms with Crippen molar-refractivity contribution in [2.24, 2.45) is 5.41 Å². The largest absolute Gasteiger partial charge is 0.384 e. The Kier molecular flexibility index (Phi) is 3.21. The zero-order valence-corrected chi connectivity index (χ0v) is 10.8. The molecule has 2 rings (SSSR count). The van der Waals surface area contributed by atoms with Crippen molar-refractivity contribution in [3.8, 4) is 0 Å². The average molecular weight is 258 g/mol. The van der Waals surface area contributed by atoms with E-state index in [0.29, 0.717) is 12.2 Å². The Morgan fingerprint density at radius 3 is 2.59 bits per heavy atom. The van der Waals surface area contributed by atoms with E-state index in [1.807, 2.05) is 13.8 Å². The molecule has 1 aromatic carbocycles. The molecule has 1 atom stereocenters. The highest BCUT2D eigenvalue weighted by Crippen LogP contribution is 2.45. The van der Waals surface area contributed by atoms with Crippen molar-refractivity contribution in [3.63, 3.8) is 0 Å². The summed E-state index contributed by atoms with van der Waals surface area (Å²) < 4.78 is 26.9. The molecule has 0 aliphatic carbocycles. The summed E-state index contributed by atoms with van der Waals surface area (Å²) in [6, 6.07) is 3.99. The molecule has 0 aromatic heterocycles. The van der Waals surface area contributed by atoms with Gasteiger partial charge in [0.15, 0.2) is 11.6 Å². The number of hydrogen-bond donors (Lipinski definition) is 1. The third-order valence-electron chi connectivity index (χ3n) is 3.06. The standard InChI is InChI=1S/C13H16F2OS/c1-12(2)6-13(16,8-17-7-12)9-4-3-5-10(14)11(9)15/h3-5,16H,6-8H2,1-2H3. The molecular weight excluding hydrogens is 242 g/mol. The summed E-state index contributed by atoms with van der Waals surface area (Å²) in [6.07, 6.45) is 0.452. The molecule has 1 fully saturated rings. The molecule has 1 N–H and O–H groups in total. The van der Waals surface area contributed by atoms with Gasteiger partial charge in [-0.25, -0.2) is 8.78 Å². The Hall–Kier alpha value is -0.610. The highest BCUT2D eigenvalue weighted by Gasteiger charge is 2.42. The van der Waals surface area contributed by atoms with Gasteiger partial charge in [0, 0.05) is 11.3 Å². The summed E-state index contributed by atoms with van der Waals surface area (Å²) in [5.74, 6) is -0.485. The van der Waals surface area contributed by atoms with Gasteiger partial charge in [0.1, 0.15) is 5.60 Å². The molecule has 0 spiro atoms. The van der Waals surface area contributed by atoms with Gasteiger partial charge in [-0.3, -0.25) is 0 Å². The summed E-state index contributed by atoms with van der Waals surface area (Å²) in [7, 11) is 0. The Balaban J connectivity index is 2.41. The van der Waals surface area contributed by atoms with Crippen molar-refractivity contribution in [2.45, 2.75) is 25.9 Å². The molecule has 94 valence electrons. The van der Waals surface area contributed by atoms with E-state index in [9.17, 15) is 13.9 Å². The van der Waals surface area contributed by atoms with Crippen molar-refractivity contribution in [1.29, 1.82) is 0 Å². The molecule has 1 unspecified atom stereocenters. The Morgan fingerprint density at radius 1 is 1.24 bits per heavy atom. The topological polar surface area (TPSA) is 20.2 Å². The summed E-state index contributed by atoms with van der Waals surface area (Å²) in [5.41, 5.74) is -1.26. The minimum Gasteiger partial charge on any atom is -0.384 e. The second kappa shape index (κ2) is 4.25. The lowest BCUT2D eigenvalue weighted by Crippen LogP contribution is -2.40. The molecule has 4 heteroatoms. The van der Waals surface area contributed by atoms with Crippen LogP contribution in [0.15, 0.2) is 18.2 Å². The van der Waals surface area contributed by atoms with Crippen molar-refractivity contribution in [1.82, 2.24) is 0 Å². The van der Waals surface area contributed by atoms with Crippen LogP contribution >= 0.6 is 11.8 Å². The van der Waals surface area contributed by atoms with Gasteiger partial charge in [0.25, 0.3) is 0 Å². The van der Waals surface area contributed by atoms with Gasteiger partial charge in [0.05, 0.1) is 0 Å². The molecule has 17 heavy (non-hydrogen) atoms. The summed E-state index contributed by atoms with van der Waals surface area (Å²) in [5, 5.41) is 10.6. The monoisotopic (exact) mass is 258 g/mol. The van der Waals surface area contributed by atoms with E-state index in [1.54, 1.807) is 11.8 Å². The van der Waals surface area contributed by atoms with Crippen LogP contribution in [0.5, 0.6) is 0 Å². The number of thioether (sulfide) groups is 1. The van der Waals surface area contributed by atoms with Gasteiger partial charge < -0.3 is 5.11 Å². The fourth-order valence-corrected chi connectivity index (χ4v) is 3.78. The fraction of sp³-hybridized carbons (Fsp3) is 0.538. The predicted molar refractivity (Wildman–Crippen MR) is 66.0 cm³/mol. The predicted octanol–water partition coefficient (Wildman–Crippen LogP) is 3.32. The highest BCUT2D eigenvalue weighted by atomic mass is 32.2. The Bertz CT molecular complexity index is 433. The molecular formula is C13H16F2OS. The minimum absolute atomic E-state index is 0.0730. The molecule has 0 amide bonds. The molecule has 1 heterocycles. The first kappa shape index (κ1) is 12.8. The first-order chi connectivity index (χ1) is 7.84. The van der Waals surface area contributed by atoms with Crippen LogP contribution in [0.4, 0.5) is 8.78 Å². The number of aliphatic hydroxyl groups is 1. The molecule has 1 aliphatic heterocycles. The number of hydrogen-bond acceptors (Lipinski definition) is 2. The van der Waals surface area contributed by atoms with Crippen LogP contribution in [-0.2, 0) is 5.60 Å². The van der Waals surface area contributed by atoms with E-state index < -0.39 is 17.2 Å². The van der Waals surface area contributed by atoms with Gasteiger partial charge in [-0.1, -0.05) is 26.0 Å². The van der Waals surface area contributed by atoms with Crippen LogP contribution in [0.1, 0.15) is 25.8 Å². The zero-order chi connectivity index (χ0) is 12.7. The molecule has 1 aliphatic rings. The van der Waals surface area contributed by atoms with Crippen LogP contribution in [0.25, 0.3) is 0 Å². The smallest absolute Gasteiger partial charge is 0.164 e.